The van der Waals surface area contributed by atoms with Gasteiger partial charge in [-0.2, -0.15) is 18.3 Å². The molecule has 0 amide bonds. The predicted octanol–water partition coefficient (Wildman–Crippen LogP) is 5.62. The summed E-state index contributed by atoms with van der Waals surface area (Å²) in [6, 6.07) is 5.94. The number of ether oxygens (including phenoxy) is 1. The Kier molecular flexibility index (Phi) is 6.88. The van der Waals surface area contributed by atoms with Crippen LogP contribution in [-0.4, -0.2) is 26.9 Å². The van der Waals surface area contributed by atoms with Crippen LogP contribution < -0.4 is 10.9 Å². The Bertz CT molecular complexity index is 1290. The topological polar surface area (TPSA) is 78.2 Å². The van der Waals surface area contributed by atoms with E-state index in [9.17, 15) is 22.8 Å². The number of rotatable bonds is 7. The Labute approximate surface area is 208 Å². The number of hydrogen-bond donors (Lipinski definition) is 1. The van der Waals surface area contributed by atoms with Crippen molar-refractivity contribution in [1.29, 1.82) is 0 Å². The first-order valence-electron chi connectivity index (χ1n) is 10.8. The number of aryl methyl sites for hydroxylation is 1. The summed E-state index contributed by atoms with van der Waals surface area (Å²) in [5, 5.41) is 7.12. The molecule has 0 aliphatic heterocycles. The number of pyridine rings is 1. The second-order valence-corrected chi connectivity index (χ2v) is 8.97. The molecular weight excluding hydrogens is 508 g/mol. The lowest BCUT2D eigenvalue weighted by Gasteiger charge is -2.23. The highest BCUT2D eigenvalue weighted by molar-refractivity contribution is 6.30. The van der Waals surface area contributed by atoms with Crippen molar-refractivity contribution < 1.29 is 22.7 Å². The van der Waals surface area contributed by atoms with Crippen LogP contribution in [0, 0.1) is 0 Å². The van der Waals surface area contributed by atoms with Gasteiger partial charge in [-0.1, -0.05) is 35.3 Å². The van der Waals surface area contributed by atoms with Gasteiger partial charge in [-0.15, -0.1) is 0 Å². The molecule has 1 fully saturated rings. The fraction of sp³-hybridized carbons (Fsp3) is 0.348. The predicted molar refractivity (Wildman–Crippen MR) is 125 cm³/mol. The number of esters is 1. The van der Waals surface area contributed by atoms with Crippen LogP contribution in [0.1, 0.15) is 59.2 Å². The normalized spacial score (nSPS) is 14.6. The van der Waals surface area contributed by atoms with Crippen molar-refractivity contribution in [2.75, 3.05) is 11.9 Å². The highest BCUT2D eigenvalue weighted by atomic mass is 35.5. The van der Waals surface area contributed by atoms with Crippen molar-refractivity contribution in [2.45, 2.75) is 38.0 Å². The fourth-order valence-corrected chi connectivity index (χ4v) is 4.19. The van der Waals surface area contributed by atoms with Crippen LogP contribution in [0.15, 0.2) is 41.3 Å². The lowest BCUT2D eigenvalue weighted by molar-refractivity contribution is -0.142. The van der Waals surface area contributed by atoms with Crippen molar-refractivity contribution in [3.05, 3.63) is 79.4 Å². The highest BCUT2D eigenvalue weighted by Crippen LogP contribution is 2.44. The maximum atomic E-state index is 14.3. The molecule has 35 heavy (non-hydrogen) atoms. The monoisotopic (exact) mass is 528 g/mol. The SMILES string of the molecule is CCOC(=O)c1c(C(Nc2cc(Cl)c(=O)n(C)c2)c2ccc(Cl)cc2)c(C(F)(F)F)nn1C1CC1. The molecule has 0 saturated heterocycles. The number of hydrogen-bond acceptors (Lipinski definition) is 5. The molecule has 0 bridgehead atoms. The lowest BCUT2D eigenvalue weighted by atomic mass is 9.95. The summed E-state index contributed by atoms with van der Waals surface area (Å²) in [6.45, 7) is 1.55. The number of carbonyl (C=O) groups is 1. The standard InChI is InChI=1S/C23H21Cl2F3N4O3/c1-3-35-22(34)19-17(20(23(26,27)28)30-32(19)15-8-9-15)18(12-4-6-13(24)7-5-12)29-14-10-16(25)21(33)31(2)11-14/h4-7,10-11,15,18,29H,3,8-9H2,1-2H3. The van der Waals surface area contributed by atoms with Gasteiger partial charge in [-0.3, -0.25) is 9.48 Å². The molecule has 1 aliphatic rings. The Morgan fingerprint density at radius 1 is 1.26 bits per heavy atom. The first-order chi connectivity index (χ1) is 16.5. The van der Waals surface area contributed by atoms with Crippen molar-refractivity contribution in [3.8, 4) is 0 Å². The van der Waals surface area contributed by atoms with Crippen LogP contribution in [0.3, 0.4) is 0 Å². The number of nitrogens with zero attached hydrogens (tertiary/aromatic N) is 3. The molecule has 3 aromatic rings. The van der Waals surface area contributed by atoms with Gasteiger partial charge in [-0.25, -0.2) is 4.79 Å². The third-order valence-electron chi connectivity index (χ3n) is 5.52. The summed E-state index contributed by atoms with van der Waals surface area (Å²) < 4.78 is 50.3. The number of aromatic nitrogens is 3. The van der Waals surface area contributed by atoms with E-state index < -0.39 is 29.4 Å². The van der Waals surface area contributed by atoms with E-state index in [1.165, 1.54) is 36.0 Å². The fourth-order valence-electron chi connectivity index (χ4n) is 3.81. The van der Waals surface area contributed by atoms with E-state index in [1.54, 1.807) is 19.1 Å². The number of anilines is 1. The summed E-state index contributed by atoms with van der Waals surface area (Å²) in [5.41, 5.74) is -1.68. The van der Waals surface area contributed by atoms with E-state index in [4.69, 9.17) is 27.9 Å². The summed E-state index contributed by atoms with van der Waals surface area (Å²) in [5.74, 6) is -0.906. The van der Waals surface area contributed by atoms with Gasteiger partial charge in [0.1, 0.15) is 5.02 Å². The first kappa shape index (κ1) is 25.1. The number of nitrogens with one attached hydrogen (secondary N) is 1. The van der Waals surface area contributed by atoms with Crippen molar-refractivity contribution in [2.24, 2.45) is 7.05 Å². The van der Waals surface area contributed by atoms with E-state index in [-0.39, 0.29) is 34.6 Å². The Balaban J connectivity index is 1.98. The van der Waals surface area contributed by atoms with Crippen molar-refractivity contribution in [3.63, 3.8) is 0 Å². The van der Waals surface area contributed by atoms with E-state index in [0.29, 0.717) is 23.4 Å². The van der Waals surface area contributed by atoms with Gasteiger partial charge in [-0.05, 0) is 43.5 Å². The van der Waals surface area contributed by atoms with Crippen molar-refractivity contribution >= 4 is 34.9 Å². The van der Waals surface area contributed by atoms with E-state index in [2.05, 4.69) is 10.4 Å². The minimum atomic E-state index is -4.86. The van der Waals surface area contributed by atoms with Crippen LogP contribution in [0.4, 0.5) is 18.9 Å². The van der Waals surface area contributed by atoms with E-state index in [0.717, 1.165) is 4.68 Å². The zero-order chi connectivity index (χ0) is 25.5. The molecule has 1 aromatic carbocycles. The molecule has 1 unspecified atom stereocenters. The second-order valence-electron chi connectivity index (χ2n) is 8.13. The highest BCUT2D eigenvalue weighted by Gasteiger charge is 2.45. The summed E-state index contributed by atoms with van der Waals surface area (Å²) >= 11 is 12.1. The Morgan fingerprint density at radius 2 is 1.91 bits per heavy atom. The minimum Gasteiger partial charge on any atom is -0.461 e. The molecule has 12 heteroatoms. The van der Waals surface area contributed by atoms with Gasteiger partial charge >= 0.3 is 12.1 Å². The van der Waals surface area contributed by atoms with Crippen LogP contribution in [0.2, 0.25) is 10.0 Å². The quantitative estimate of drug-likeness (QED) is 0.402. The smallest absolute Gasteiger partial charge is 0.435 e. The maximum Gasteiger partial charge on any atom is 0.435 e. The average molecular weight is 529 g/mol. The molecule has 0 spiro atoms. The van der Waals surface area contributed by atoms with Gasteiger partial charge in [0.2, 0.25) is 0 Å². The summed E-state index contributed by atoms with van der Waals surface area (Å²) in [7, 11) is 1.47. The van der Waals surface area contributed by atoms with Gasteiger partial charge in [0, 0.05) is 23.8 Å². The molecule has 1 atom stereocenters. The van der Waals surface area contributed by atoms with Gasteiger partial charge in [0.05, 0.1) is 24.4 Å². The van der Waals surface area contributed by atoms with Gasteiger partial charge < -0.3 is 14.6 Å². The molecule has 4 rings (SSSR count). The molecule has 2 aromatic heterocycles. The summed E-state index contributed by atoms with van der Waals surface area (Å²) in [6.07, 6.45) is -2.26. The molecule has 1 aliphatic carbocycles. The van der Waals surface area contributed by atoms with Crippen LogP contribution in [0.25, 0.3) is 0 Å². The zero-order valence-corrected chi connectivity index (χ0v) is 20.2. The molecular formula is C23H21Cl2F3N4O3. The van der Waals surface area contributed by atoms with Gasteiger partial charge in [0.25, 0.3) is 5.56 Å². The second kappa shape index (κ2) is 9.58. The molecule has 7 nitrogen and oxygen atoms in total. The largest absolute Gasteiger partial charge is 0.461 e. The number of carbonyl (C=O) groups excluding carboxylic acids is 1. The van der Waals surface area contributed by atoms with Gasteiger partial charge in [0.15, 0.2) is 11.4 Å². The minimum absolute atomic E-state index is 0.0229. The number of benzene rings is 1. The molecule has 1 N–H and O–H groups in total. The third kappa shape index (κ3) is 5.18. The number of alkyl halides is 3. The van der Waals surface area contributed by atoms with E-state index >= 15 is 0 Å². The maximum absolute atomic E-state index is 14.3. The average Bonchev–Trinajstić information content (AvgIpc) is 3.55. The molecule has 1 saturated carbocycles. The Hall–Kier alpha value is -2.98. The van der Waals surface area contributed by atoms with Crippen LogP contribution in [0.5, 0.6) is 0 Å². The lowest BCUT2D eigenvalue weighted by Crippen LogP contribution is -2.23. The summed E-state index contributed by atoms with van der Waals surface area (Å²) in [4.78, 5) is 25.0. The van der Waals surface area contributed by atoms with Crippen LogP contribution in [-0.2, 0) is 18.0 Å². The van der Waals surface area contributed by atoms with E-state index in [1.807, 2.05) is 0 Å². The Morgan fingerprint density at radius 3 is 2.46 bits per heavy atom. The zero-order valence-electron chi connectivity index (χ0n) is 18.7. The first-order valence-corrected chi connectivity index (χ1v) is 11.5. The van der Waals surface area contributed by atoms with Crippen LogP contribution >= 0.6 is 23.2 Å². The third-order valence-corrected chi connectivity index (χ3v) is 6.04. The molecule has 186 valence electrons. The molecule has 0 radical (unpaired) electrons. The van der Waals surface area contributed by atoms with Crippen molar-refractivity contribution in [1.82, 2.24) is 14.3 Å². The number of halogens is 5. The molecule has 2 heterocycles.